The van der Waals surface area contributed by atoms with Crippen LogP contribution in [0.2, 0.25) is 0 Å². The van der Waals surface area contributed by atoms with Crippen LogP contribution in [0, 0.1) is 0 Å². The summed E-state index contributed by atoms with van der Waals surface area (Å²) in [6, 6.07) is 12.5. The Kier molecular flexibility index (Phi) is 3.62. The molecule has 0 atom stereocenters. The van der Waals surface area contributed by atoms with Gasteiger partial charge in [0.1, 0.15) is 11.3 Å². The molecule has 0 aliphatic carbocycles. The maximum Gasteiger partial charge on any atom is 0.282 e. The van der Waals surface area contributed by atoms with Crippen LogP contribution in [0.3, 0.4) is 0 Å². The Morgan fingerprint density at radius 2 is 1.91 bits per heavy atom. The number of hydrazine groups is 1. The molecule has 110 valence electrons. The highest BCUT2D eigenvalue weighted by atomic mass is 16.3. The van der Waals surface area contributed by atoms with Crippen molar-refractivity contribution in [3.8, 4) is 0 Å². The van der Waals surface area contributed by atoms with E-state index in [1.54, 1.807) is 61.7 Å². The van der Waals surface area contributed by atoms with Crippen molar-refractivity contribution in [2.75, 3.05) is 5.01 Å². The molecule has 0 bridgehead atoms. The fraction of sp³-hybridized carbons (Fsp3) is 0.0588. The maximum absolute atomic E-state index is 12.4. The molecule has 1 aromatic carbocycles. The van der Waals surface area contributed by atoms with E-state index >= 15 is 0 Å². The lowest BCUT2D eigenvalue weighted by Crippen LogP contribution is -2.35. The van der Waals surface area contributed by atoms with Gasteiger partial charge in [-0.05, 0) is 48.9 Å². The summed E-state index contributed by atoms with van der Waals surface area (Å²) in [4.78, 5) is 24.4. The van der Waals surface area contributed by atoms with Crippen molar-refractivity contribution in [1.29, 1.82) is 0 Å². The molecule has 5 heteroatoms. The standard InChI is InChI=1S/C17H14N2O3/c1-12(10-14-8-5-9-22-14)11-15-16(20)18-19(17(15)21)13-6-3-2-4-7-13/h2-11H,1H3,(H,18,20)/b12-10+,15-11-. The molecule has 22 heavy (non-hydrogen) atoms. The fourth-order valence-electron chi connectivity index (χ4n) is 2.18. The van der Waals surface area contributed by atoms with Gasteiger partial charge in [-0.2, -0.15) is 0 Å². The largest absolute Gasteiger partial charge is 0.465 e. The zero-order valence-electron chi connectivity index (χ0n) is 11.9. The van der Waals surface area contributed by atoms with Gasteiger partial charge in [0, 0.05) is 0 Å². The van der Waals surface area contributed by atoms with E-state index in [4.69, 9.17) is 4.42 Å². The first kappa shape index (κ1) is 13.9. The summed E-state index contributed by atoms with van der Waals surface area (Å²) >= 11 is 0. The van der Waals surface area contributed by atoms with E-state index in [1.807, 2.05) is 6.07 Å². The number of hydrogen-bond donors (Lipinski definition) is 1. The van der Waals surface area contributed by atoms with E-state index in [1.165, 1.54) is 5.01 Å². The van der Waals surface area contributed by atoms with Gasteiger partial charge < -0.3 is 4.42 Å². The number of nitrogens with one attached hydrogen (secondary N) is 1. The Morgan fingerprint density at radius 3 is 2.59 bits per heavy atom. The zero-order valence-corrected chi connectivity index (χ0v) is 11.9. The molecule has 1 saturated heterocycles. The second-order valence-corrected chi connectivity index (χ2v) is 4.88. The van der Waals surface area contributed by atoms with Crippen LogP contribution >= 0.6 is 0 Å². The summed E-state index contributed by atoms with van der Waals surface area (Å²) in [5.74, 6) is -0.121. The lowest BCUT2D eigenvalue weighted by Gasteiger charge is -2.13. The third-order valence-corrected chi connectivity index (χ3v) is 3.19. The van der Waals surface area contributed by atoms with E-state index in [-0.39, 0.29) is 11.5 Å². The average Bonchev–Trinajstić information content (AvgIpc) is 3.11. The molecule has 1 aromatic heterocycles. The van der Waals surface area contributed by atoms with E-state index < -0.39 is 5.91 Å². The molecule has 0 spiro atoms. The van der Waals surface area contributed by atoms with Gasteiger partial charge in [0.2, 0.25) is 0 Å². The third kappa shape index (κ3) is 2.69. The van der Waals surface area contributed by atoms with Gasteiger partial charge in [-0.25, -0.2) is 5.01 Å². The number of amides is 2. The first-order valence-corrected chi connectivity index (χ1v) is 6.79. The number of rotatable bonds is 3. The number of carbonyl (C=O) groups excluding carboxylic acids is 2. The van der Waals surface area contributed by atoms with Gasteiger partial charge in [0.25, 0.3) is 11.8 Å². The Bertz CT molecular complexity index is 758. The lowest BCUT2D eigenvalue weighted by molar-refractivity contribution is -0.117. The van der Waals surface area contributed by atoms with Crippen LogP contribution in [0.15, 0.2) is 70.4 Å². The molecule has 0 unspecified atom stereocenters. The third-order valence-electron chi connectivity index (χ3n) is 3.19. The molecule has 1 aliphatic rings. The first-order chi connectivity index (χ1) is 10.6. The molecule has 0 radical (unpaired) electrons. The molecule has 2 amide bonds. The Morgan fingerprint density at radius 1 is 1.14 bits per heavy atom. The van der Waals surface area contributed by atoms with Crippen molar-refractivity contribution < 1.29 is 14.0 Å². The normalized spacial score (nSPS) is 17.2. The molecule has 2 heterocycles. The summed E-state index contributed by atoms with van der Waals surface area (Å²) < 4.78 is 5.21. The number of benzene rings is 1. The predicted molar refractivity (Wildman–Crippen MR) is 82.5 cm³/mol. The Labute approximate surface area is 127 Å². The Balaban J connectivity index is 1.87. The van der Waals surface area contributed by atoms with Crippen molar-refractivity contribution in [2.24, 2.45) is 0 Å². The lowest BCUT2D eigenvalue weighted by atomic mass is 10.1. The Hall–Kier alpha value is -3.08. The van der Waals surface area contributed by atoms with Gasteiger partial charge in [-0.1, -0.05) is 18.2 Å². The van der Waals surface area contributed by atoms with Crippen LogP contribution in [-0.4, -0.2) is 11.8 Å². The number of anilines is 1. The molecular weight excluding hydrogens is 280 g/mol. The SMILES string of the molecule is CC(/C=C1/C(=O)NN(c2ccccc2)C1=O)=C\c1ccco1. The predicted octanol–water partition coefficient (Wildman–Crippen LogP) is 2.69. The van der Waals surface area contributed by atoms with Gasteiger partial charge in [-0.3, -0.25) is 15.0 Å². The molecule has 0 saturated carbocycles. The highest BCUT2D eigenvalue weighted by Crippen LogP contribution is 2.20. The molecular formula is C17H14N2O3. The van der Waals surface area contributed by atoms with Crippen LogP contribution in [0.1, 0.15) is 12.7 Å². The zero-order chi connectivity index (χ0) is 15.5. The number of allylic oxidation sites excluding steroid dienone is 2. The minimum Gasteiger partial charge on any atom is -0.465 e. The smallest absolute Gasteiger partial charge is 0.282 e. The molecule has 1 aliphatic heterocycles. The van der Waals surface area contributed by atoms with Crippen LogP contribution in [-0.2, 0) is 9.59 Å². The number of carbonyl (C=O) groups is 2. The second kappa shape index (κ2) is 5.73. The van der Waals surface area contributed by atoms with E-state index in [9.17, 15) is 9.59 Å². The van der Waals surface area contributed by atoms with Gasteiger partial charge in [-0.15, -0.1) is 0 Å². The minimum absolute atomic E-state index is 0.101. The molecule has 3 rings (SSSR count). The fourth-order valence-corrected chi connectivity index (χ4v) is 2.18. The highest BCUT2D eigenvalue weighted by molar-refractivity contribution is 6.29. The molecule has 1 fully saturated rings. The van der Waals surface area contributed by atoms with E-state index in [2.05, 4.69) is 5.43 Å². The van der Waals surface area contributed by atoms with Gasteiger partial charge in [0.05, 0.1) is 12.0 Å². The van der Waals surface area contributed by atoms with Gasteiger partial charge in [0.15, 0.2) is 0 Å². The number of hydrogen-bond acceptors (Lipinski definition) is 3. The van der Waals surface area contributed by atoms with Crippen molar-refractivity contribution >= 4 is 23.6 Å². The van der Waals surface area contributed by atoms with Gasteiger partial charge >= 0.3 is 0 Å². The van der Waals surface area contributed by atoms with Crippen molar-refractivity contribution in [1.82, 2.24) is 5.43 Å². The highest BCUT2D eigenvalue weighted by Gasteiger charge is 2.34. The van der Waals surface area contributed by atoms with Crippen LogP contribution < -0.4 is 10.4 Å². The number of furan rings is 1. The number of para-hydroxylation sites is 1. The van der Waals surface area contributed by atoms with Crippen LogP contribution in [0.25, 0.3) is 6.08 Å². The van der Waals surface area contributed by atoms with Crippen LogP contribution in [0.4, 0.5) is 5.69 Å². The first-order valence-electron chi connectivity index (χ1n) is 6.79. The summed E-state index contributed by atoms with van der Waals surface area (Å²) in [6.07, 6.45) is 4.89. The quantitative estimate of drug-likeness (QED) is 0.699. The number of nitrogens with zero attached hydrogens (tertiary/aromatic N) is 1. The molecule has 1 N–H and O–H groups in total. The van der Waals surface area contributed by atoms with E-state index in [0.29, 0.717) is 11.4 Å². The van der Waals surface area contributed by atoms with Crippen molar-refractivity contribution in [3.63, 3.8) is 0 Å². The average molecular weight is 294 g/mol. The minimum atomic E-state index is -0.416. The summed E-state index contributed by atoms with van der Waals surface area (Å²) in [7, 11) is 0. The molecule has 5 nitrogen and oxygen atoms in total. The van der Waals surface area contributed by atoms with Crippen molar-refractivity contribution in [2.45, 2.75) is 6.92 Å². The summed E-state index contributed by atoms with van der Waals surface area (Å²) in [5.41, 5.74) is 4.04. The van der Waals surface area contributed by atoms with E-state index in [0.717, 1.165) is 5.57 Å². The topological polar surface area (TPSA) is 62.6 Å². The monoisotopic (exact) mass is 294 g/mol. The maximum atomic E-state index is 12.4. The summed E-state index contributed by atoms with van der Waals surface area (Å²) in [6.45, 7) is 1.81. The van der Waals surface area contributed by atoms with Crippen LogP contribution in [0.5, 0.6) is 0 Å². The second-order valence-electron chi connectivity index (χ2n) is 4.88. The summed E-state index contributed by atoms with van der Waals surface area (Å²) in [5, 5.41) is 1.24. The van der Waals surface area contributed by atoms with Crippen molar-refractivity contribution in [3.05, 3.63) is 71.7 Å². The molecule has 2 aromatic rings.